The molecule has 0 aromatic rings. The molecule has 1 heterocycles. The van der Waals surface area contributed by atoms with Crippen molar-refractivity contribution in [2.75, 3.05) is 20.2 Å². The Labute approximate surface area is 113 Å². The predicted molar refractivity (Wildman–Crippen MR) is 70.9 cm³/mol. The average Bonchev–Trinajstić information content (AvgIpc) is 2.33. The van der Waals surface area contributed by atoms with E-state index in [1.165, 1.54) is 7.11 Å². The molecule has 1 aliphatic heterocycles. The molecule has 0 aliphatic carbocycles. The molecule has 2 unspecified atom stereocenters. The molecule has 2 atom stereocenters. The van der Waals surface area contributed by atoms with E-state index < -0.39 is 12.1 Å². The molecule has 0 saturated carbocycles. The molecule has 1 saturated heterocycles. The van der Waals surface area contributed by atoms with Crippen LogP contribution >= 0.6 is 0 Å². The number of aliphatic carboxylic acids is 1. The van der Waals surface area contributed by atoms with E-state index in [0.717, 1.165) is 19.4 Å². The zero-order valence-corrected chi connectivity index (χ0v) is 11.9. The third-order valence-corrected chi connectivity index (χ3v) is 3.63. The molecule has 6 nitrogen and oxygen atoms in total. The quantitative estimate of drug-likeness (QED) is 0.650. The van der Waals surface area contributed by atoms with Crippen molar-refractivity contribution in [2.45, 2.75) is 45.3 Å². The molecule has 110 valence electrons. The lowest BCUT2D eigenvalue weighted by atomic mass is 9.77. The van der Waals surface area contributed by atoms with Crippen molar-refractivity contribution in [3.8, 4) is 0 Å². The Morgan fingerprint density at radius 3 is 2.74 bits per heavy atom. The van der Waals surface area contributed by atoms with Gasteiger partial charge in [-0.3, -0.25) is 9.59 Å². The number of piperidine rings is 1. The zero-order valence-electron chi connectivity index (χ0n) is 11.9. The second kappa shape index (κ2) is 6.86. The number of carboxylic acids is 1. The number of nitrogens with one attached hydrogen (secondary N) is 2. The van der Waals surface area contributed by atoms with Gasteiger partial charge in [-0.1, -0.05) is 13.8 Å². The van der Waals surface area contributed by atoms with Crippen LogP contribution in [0.15, 0.2) is 0 Å². The van der Waals surface area contributed by atoms with Gasteiger partial charge >= 0.3 is 5.97 Å². The van der Waals surface area contributed by atoms with E-state index in [1.807, 2.05) is 0 Å². The van der Waals surface area contributed by atoms with Crippen molar-refractivity contribution in [2.24, 2.45) is 5.41 Å². The van der Waals surface area contributed by atoms with E-state index in [1.54, 1.807) is 0 Å². The van der Waals surface area contributed by atoms with Crippen LogP contribution in [0.3, 0.4) is 0 Å². The summed E-state index contributed by atoms with van der Waals surface area (Å²) in [5.74, 6) is -1.02. The highest BCUT2D eigenvalue weighted by molar-refractivity contribution is 5.82. The van der Waals surface area contributed by atoms with Gasteiger partial charge in [0, 0.05) is 13.7 Å². The number of carbonyl (C=O) groups excluding carboxylic acids is 1. The van der Waals surface area contributed by atoms with E-state index in [2.05, 4.69) is 24.5 Å². The van der Waals surface area contributed by atoms with E-state index in [0.29, 0.717) is 0 Å². The van der Waals surface area contributed by atoms with Crippen LogP contribution < -0.4 is 10.6 Å². The Bertz CT molecular complexity index is 331. The Kier molecular flexibility index (Phi) is 5.75. The molecule has 0 aromatic carbocycles. The summed E-state index contributed by atoms with van der Waals surface area (Å²) >= 11 is 0. The minimum Gasteiger partial charge on any atom is -0.481 e. The predicted octanol–water partition coefficient (Wildman–Crippen LogP) is 0.370. The highest BCUT2D eigenvalue weighted by Crippen LogP contribution is 2.30. The maximum atomic E-state index is 12.1. The third-order valence-electron chi connectivity index (χ3n) is 3.63. The van der Waals surface area contributed by atoms with E-state index in [9.17, 15) is 9.59 Å². The summed E-state index contributed by atoms with van der Waals surface area (Å²) in [6.45, 7) is 5.18. The zero-order chi connectivity index (χ0) is 14.5. The summed E-state index contributed by atoms with van der Waals surface area (Å²) < 4.78 is 5.03. The molecule has 1 fully saturated rings. The first-order valence-corrected chi connectivity index (χ1v) is 6.62. The Morgan fingerprint density at radius 1 is 1.53 bits per heavy atom. The van der Waals surface area contributed by atoms with Crippen molar-refractivity contribution in [3.05, 3.63) is 0 Å². The number of methoxy groups -OCH3 is 1. The van der Waals surface area contributed by atoms with Gasteiger partial charge in [-0.25, -0.2) is 0 Å². The molecule has 6 heteroatoms. The van der Waals surface area contributed by atoms with Crippen molar-refractivity contribution < 1.29 is 19.4 Å². The third kappa shape index (κ3) is 4.80. The van der Waals surface area contributed by atoms with Gasteiger partial charge in [-0.2, -0.15) is 0 Å². The second-order valence-electron chi connectivity index (χ2n) is 5.68. The number of carboxylic acid groups (broad SMARTS) is 1. The van der Waals surface area contributed by atoms with Crippen LogP contribution in [0, 0.1) is 5.41 Å². The highest BCUT2D eigenvalue weighted by Gasteiger charge is 2.37. The summed E-state index contributed by atoms with van der Waals surface area (Å²) in [5, 5.41) is 14.7. The fraction of sp³-hybridized carbons (Fsp3) is 0.846. The summed E-state index contributed by atoms with van der Waals surface area (Å²) in [4.78, 5) is 22.8. The van der Waals surface area contributed by atoms with Crippen LogP contribution in [0.4, 0.5) is 0 Å². The van der Waals surface area contributed by atoms with Crippen molar-refractivity contribution in [1.29, 1.82) is 0 Å². The summed E-state index contributed by atoms with van der Waals surface area (Å²) in [6, 6.07) is -0.233. The van der Waals surface area contributed by atoms with Crippen LogP contribution in [0.5, 0.6) is 0 Å². The number of carbonyl (C=O) groups is 2. The second-order valence-corrected chi connectivity index (χ2v) is 5.68. The molecule has 0 spiro atoms. The van der Waals surface area contributed by atoms with E-state index in [-0.39, 0.29) is 30.3 Å². The molecule has 0 aromatic heterocycles. The summed E-state index contributed by atoms with van der Waals surface area (Å²) in [6.07, 6.45) is 1.46. The van der Waals surface area contributed by atoms with Crippen molar-refractivity contribution >= 4 is 11.9 Å². The maximum absolute atomic E-state index is 12.1. The topological polar surface area (TPSA) is 87.7 Å². The summed E-state index contributed by atoms with van der Waals surface area (Å²) in [5.41, 5.74) is -0.0856. The van der Waals surface area contributed by atoms with Crippen LogP contribution in [0.2, 0.25) is 0 Å². The standard InChI is InChI=1S/C13H24N2O4/c1-13(2)5-4-6-14-11(13)12(18)15-8-9(19-3)7-10(16)17/h9,11,14H,4-8H2,1-3H3,(H,15,18)(H,16,17). The minimum absolute atomic E-state index is 0.0856. The van der Waals surface area contributed by atoms with Crippen LogP contribution in [-0.2, 0) is 14.3 Å². The molecule has 0 bridgehead atoms. The lowest BCUT2D eigenvalue weighted by Crippen LogP contribution is -2.56. The van der Waals surface area contributed by atoms with Gasteiger partial charge in [-0.05, 0) is 24.8 Å². The maximum Gasteiger partial charge on any atom is 0.306 e. The molecule has 0 radical (unpaired) electrons. The lowest BCUT2D eigenvalue weighted by Gasteiger charge is -2.38. The fourth-order valence-electron chi connectivity index (χ4n) is 2.41. The smallest absolute Gasteiger partial charge is 0.306 e. The highest BCUT2D eigenvalue weighted by atomic mass is 16.5. The van der Waals surface area contributed by atoms with Gasteiger partial charge in [-0.15, -0.1) is 0 Å². The first-order valence-electron chi connectivity index (χ1n) is 6.62. The molecule has 1 amide bonds. The number of hydrogen-bond acceptors (Lipinski definition) is 4. The van der Waals surface area contributed by atoms with Gasteiger partial charge < -0.3 is 20.5 Å². The first kappa shape index (κ1) is 15.9. The minimum atomic E-state index is -0.933. The normalized spacial score (nSPS) is 23.6. The molecule has 1 rings (SSSR count). The SMILES string of the molecule is COC(CNC(=O)C1NCCCC1(C)C)CC(=O)O. The molecule has 3 N–H and O–H groups in total. The fourth-order valence-corrected chi connectivity index (χ4v) is 2.41. The van der Waals surface area contributed by atoms with E-state index in [4.69, 9.17) is 9.84 Å². The van der Waals surface area contributed by atoms with Crippen LogP contribution in [0.1, 0.15) is 33.1 Å². The average molecular weight is 272 g/mol. The molecular formula is C13H24N2O4. The van der Waals surface area contributed by atoms with Gasteiger partial charge in [0.05, 0.1) is 18.6 Å². The number of amides is 1. The Morgan fingerprint density at radius 2 is 2.21 bits per heavy atom. The van der Waals surface area contributed by atoms with E-state index >= 15 is 0 Å². The molecule has 19 heavy (non-hydrogen) atoms. The number of ether oxygens (including phenoxy) is 1. The van der Waals surface area contributed by atoms with Gasteiger partial charge in [0.1, 0.15) is 0 Å². The monoisotopic (exact) mass is 272 g/mol. The molecule has 1 aliphatic rings. The number of hydrogen-bond donors (Lipinski definition) is 3. The van der Waals surface area contributed by atoms with Crippen LogP contribution in [-0.4, -0.2) is 49.3 Å². The lowest BCUT2D eigenvalue weighted by molar-refractivity contribution is -0.140. The molecular weight excluding hydrogens is 248 g/mol. The number of rotatable bonds is 6. The van der Waals surface area contributed by atoms with Gasteiger partial charge in [0.2, 0.25) is 5.91 Å². The Hall–Kier alpha value is -1.14. The first-order chi connectivity index (χ1) is 8.86. The summed E-state index contributed by atoms with van der Waals surface area (Å²) in [7, 11) is 1.45. The van der Waals surface area contributed by atoms with Crippen LogP contribution in [0.25, 0.3) is 0 Å². The van der Waals surface area contributed by atoms with Gasteiger partial charge in [0.15, 0.2) is 0 Å². The van der Waals surface area contributed by atoms with Crippen molar-refractivity contribution in [1.82, 2.24) is 10.6 Å². The largest absolute Gasteiger partial charge is 0.481 e. The van der Waals surface area contributed by atoms with Gasteiger partial charge in [0.25, 0.3) is 0 Å². The van der Waals surface area contributed by atoms with Crippen molar-refractivity contribution in [3.63, 3.8) is 0 Å². The Balaban J connectivity index is 2.47.